The minimum Gasteiger partial charge on any atom is -0.369 e. The van der Waals surface area contributed by atoms with E-state index in [-0.39, 0.29) is 5.91 Å². The molecule has 1 heterocycles. The number of anilines is 2. The SMILES string of the molecule is CCC(C)NCC(=O)Nc1ccc(N2CCN(C)CC2)cc1. The second kappa shape index (κ2) is 8.15. The van der Waals surface area contributed by atoms with Gasteiger partial charge < -0.3 is 20.4 Å². The average Bonchev–Trinajstić information content (AvgIpc) is 2.54. The van der Waals surface area contributed by atoms with Crippen LogP contribution in [0.25, 0.3) is 0 Å². The molecular formula is C17H28N4O. The number of nitrogens with zero attached hydrogens (tertiary/aromatic N) is 2. The van der Waals surface area contributed by atoms with Gasteiger partial charge in [-0.2, -0.15) is 0 Å². The molecule has 1 fully saturated rings. The van der Waals surface area contributed by atoms with Crippen LogP contribution in [-0.2, 0) is 4.79 Å². The van der Waals surface area contributed by atoms with Crippen LogP contribution >= 0.6 is 0 Å². The quantitative estimate of drug-likeness (QED) is 0.841. The van der Waals surface area contributed by atoms with Gasteiger partial charge in [0.1, 0.15) is 0 Å². The summed E-state index contributed by atoms with van der Waals surface area (Å²) in [5.41, 5.74) is 2.08. The Morgan fingerprint density at radius 1 is 1.18 bits per heavy atom. The summed E-state index contributed by atoms with van der Waals surface area (Å²) in [5.74, 6) is 0.00708. The van der Waals surface area contributed by atoms with E-state index in [1.165, 1.54) is 5.69 Å². The van der Waals surface area contributed by atoms with Crippen molar-refractivity contribution >= 4 is 17.3 Å². The monoisotopic (exact) mass is 304 g/mol. The molecular weight excluding hydrogens is 276 g/mol. The van der Waals surface area contributed by atoms with Crippen molar-refractivity contribution in [2.45, 2.75) is 26.3 Å². The van der Waals surface area contributed by atoms with Crippen LogP contribution < -0.4 is 15.5 Å². The average molecular weight is 304 g/mol. The normalized spacial score (nSPS) is 17.3. The highest BCUT2D eigenvalue weighted by atomic mass is 16.1. The van der Waals surface area contributed by atoms with Gasteiger partial charge in [-0.3, -0.25) is 4.79 Å². The van der Waals surface area contributed by atoms with Gasteiger partial charge >= 0.3 is 0 Å². The fourth-order valence-electron chi connectivity index (χ4n) is 2.44. The lowest BCUT2D eigenvalue weighted by Crippen LogP contribution is -2.44. The molecule has 1 atom stereocenters. The maximum atomic E-state index is 11.9. The first-order valence-electron chi connectivity index (χ1n) is 8.15. The number of likely N-dealkylation sites (N-methyl/N-ethyl adjacent to an activating group) is 1. The van der Waals surface area contributed by atoms with Crippen LogP contribution in [0.3, 0.4) is 0 Å². The molecule has 0 aliphatic carbocycles. The first kappa shape index (κ1) is 16.8. The lowest BCUT2D eigenvalue weighted by Gasteiger charge is -2.34. The van der Waals surface area contributed by atoms with Crippen LogP contribution in [0.5, 0.6) is 0 Å². The van der Waals surface area contributed by atoms with E-state index in [4.69, 9.17) is 0 Å². The first-order chi connectivity index (χ1) is 10.6. The van der Waals surface area contributed by atoms with E-state index in [1.807, 2.05) is 12.1 Å². The first-order valence-corrected chi connectivity index (χ1v) is 8.15. The van der Waals surface area contributed by atoms with Crippen LogP contribution in [0, 0.1) is 0 Å². The topological polar surface area (TPSA) is 47.6 Å². The number of carbonyl (C=O) groups excluding carboxylic acids is 1. The highest BCUT2D eigenvalue weighted by molar-refractivity contribution is 5.92. The second-order valence-electron chi connectivity index (χ2n) is 6.08. The molecule has 0 spiro atoms. The molecule has 0 bridgehead atoms. The van der Waals surface area contributed by atoms with Gasteiger partial charge in [0.2, 0.25) is 5.91 Å². The summed E-state index contributed by atoms with van der Waals surface area (Å²) in [5, 5.41) is 6.12. The number of amides is 1. The van der Waals surface area contributed by atoms with Gasteiger partial charge in [-0.25, -0.2) is 0 Å². The van der Waals surface area contributed by atoms with Crippen molar-refractivity contribution in [1.82, 2.24) is 10.2 Å². The van der Waals surface area contributed by atoms with E-state index in [1.54, 1.807) is 0 Å². The highest BCUT2D eigenvalue weighted by Crippen LogP contribution is 2.19. The summed E-state index contributed by atoms with van der Waals surface area (Å²) < 4.78 is 0. The van der Waals surface area contributed by atoms with E-state index in [0.717, 1.165) is 38.3 Å². The molecule has 1 aliphatic rings. The second-order valence-corrected chi connectivity index (χ2v) is 6.08. The molecule has 22 heavy (non-hydrogen) atoms. The molecule has 0 radical (unpaired) electrons. The van der Waals surface area contributed by atoms with Crippen LogP contribution in [0.15, 0.2) is 24.3 Å². The van der Waals surface area contributed by atoms with Gasteiger partial charge in [0.25, 0.3) is 0 Å². The molecule has 122 valence electrons. The smallest absolute Gasteiger partial charge is 0.238 e. The number of hydrogen-bond acceptors (Lipinski definition) is 4. The molecule has 1 saturated heterocycles. The lowest BCUT2D eigenvalue weighted by molar-refractivity contribution is -0.115. The molecule has 2 N–H and O–H groups in total. The van der Waals surface area contributed by atoms with Crippen molar-refractivity contribution in [3.05, 3.63) is 24.3 Å². The molecule has 1 aromatic rings. The van der Waals surface area contributed by atoms with E-state index in [2.05, 4.69) is 53.5 Å². The Hall–Kier alpha value is -1.59. The third-order valence-electron chi connectivity index (χ3n) is 4.24. The van der Waals surface area contributed by atoms with Gasteiger partial charge in [0.05, 0.1) is 6.54 Å². The van der Waals surface area contributed by atoms with Gasteiger partial charge in [0.15, 0.2) is 0 Å². The molecule has 1 aliphatic heterocycles. The predicted molar refractivity (Wildman–Crippen MR) is 92.5 cm³/mol. The molecule has 0 saturated carbocycles. The largest absolute Gasteiger partial charge is 0.369 e. The number of hydrogen-bond donors (Lipinski definition) is 2. The Balaban J connectivity index is 1.82. The third-order valence-corrected chi connectivity index (χ3v) is 4.24. The van der Waals surface area contributed by atoms with Gasteiger partial charge in [-0.05, 0) is 44.7 Å². The van der Waals surface area contributed by atoms with Gasteiger partial charge in [-0.15, -0.1) is 0 Å². The molecule has 5 heteroatoms. The summed E-state index contributed by atoms with van der Waals surface area (Å²) in [6, 6.07) is 8.50. The zero-order chi connectivity index (χ0) is 15.9. The summed E-state index contributed by atoms with van der Waals surface area (Å²) in [6.07, 6.45) is 1.02. The fourth-order valence-corrected chi connectivity index (χ4v) is 2.44. The molecule has 5 nitrogen and oxygen atoms in total. The van der Waals surface area contributed by atoms with Gasteiger partial charge in [-0.1, -0.05) is 6.92 Å². The van der Waals surface area contributed by atoms with Crippen molar-refractivity contribution < 1.29 is 4.79 Å². The Labute approximate surface area is 133 Å². The van der Waals surface area contributed by atoms with Crippen molar-refractivity contribution in [2.24, 2.45) is 0 Å². The standard InChI is InChI=1S/C17H28N4O/c1-4-14(2)18-13-17(22)19-15-5-7-16(8-6-15)21-11-9-20(3)10-12-21/h5-8,14,18H,4,9-13H2,1-3H3,(H,19,22). The van der Waals surface area contributed by atoms with Crippen molar-refractivity contribution in [2.75, 3.05) is 50.0 Å². The summed E-state index contributed by atoms with van der Waals surface area (Å²) in [4.78, 5) is 16.6. The minimum atomic E-state index is 0.00708. The van der Waals surface area contributed by atoms with Crippen LogP contribution in [-0.4, -0.2) is 56.6 Å². The molecule has 1 aromatic carbocycles. The zero-order valence-corrected chi connectivity index (χ0v) is 13.9. The molecule has 1 amide bonds. The van der Waals surface area contributed by atoms with Crippen LogP contribution in [0.2, 0.25) is 0 Å². The minimum absolute atomic E-state index is 0.00708. The Morgan fingerprint density at radius 3 is 2.41 bits per heavy atom. The molecule has 2 rings (SSSR count). The lowest BCUT2D eigenvalue weighted by atomic mass is 10.2. The van der Waals surface area contributed by atoms with Crippen molar-refractivity contribution in [3.8, 4) is 0 Å². The molecule has 0 aromatic heterocycles. The predicted octanol–water partition coefficient (Wildman–Crippen LogP) is 1.76. The maximum absolute atomic E-state index is 11.9. The Morgan fingerprint density at radius 2 is 1.82 bits per heavy atom. The van der Waals surface area contributed by atoms with E-state index in [0.29, 0.717) is 12.6 Å². The van der Waals surface area contributed by atoms with E-state index >= 15 is 0 Å². The summed E-state index contributed by atoms with van der Waals surface area (Å²) in [6.45, 7) is 8.85. The fraction of sp³-hybridized carbons (Fsp3) is 0.588. The summed E-state index contributed by atoms with van der Waals surface area (Å²) >= 11 is 0. The van der Waals surface area contributed by atoms with Crippen LogP contribution in [0.1, 0.15) is 20.3 Å². The summed E-state index contributed by atoms with van der Waals surface area (Å²) in [7, 11) is 2.16. The number of nitrogens with one attached hydrogen (secondary N) is 2. The number of piperazine rings is 1. The van der Waals surface area contributed by atoms with Crippen molar-refractivity contribution in [3.63, 3.8) is 0 Å². The van der Waals surface area contributed by atoms with Crippen LogP contribution in [0.4, 0.5) is 11.4 Å². The van der Waals surface area contributed by atoms with E-state index in [9.17, 15) is 4.79 Å². The highest BCUT2D eigenvalue weighted by Gasteiger charge is 2.14. The molecule has 1 unspecified atom stereocenters. The maximum Gasteiger partial charge on any atom is 0.238 e. The Bertz CT molecular complexity index is 466. The zero-order valence-electron chi connectivity index (χ0n) is 13.9. The Kier molecular flexibility index (Phi) is 6.21. The number of rotatable bonds is 6. The van der Waals surface area contributed by atoms with Crippen molar-refractivity contribution in [1.29, 1.82) is 0 Å². The van der Waals surface area contributed by atoms with E-state index < -0.39 is 0 Å². The third kappa shape index (κ3) is 5.00. The number of benzene rings is 1. The number of carbonyl (C=O) groups is 1. The van der Waals surface area contributed by atoms with Gasteiger partial charge in [0, 0.05) is 43.6 Å².